The Labute approximate surface area is 90.9 Å². The normalized spacial score (nSPS) is 23.2. The van der Waals surface area contributed by atoms with E-state index in [4.69, 9.17) is 0 Å². The molecule has 0 aromatic carbocycles. The summed E-state index contributed by atoms with van der Waals surface area (Å²) in [5, 5.41) is 18.4. The second kappa shape index (κ2) is 2.52. The van der Waals surface area contributed by atoms with Crippen molar-refractivity contribution in [3.05, 3.63) is 46.6 Å². The molecule has 3 rings (SSSR count). The Balaban J connectivity index is 2.30. The monoisotopic (exact) mass is 216 g/mol. The van der Waals surface area contributed by atoms with Crippen molar-refractivity contribution in [3.8, 4) is 0 Å². The maximum atomic E-state index is 11.3. The molecule has 0 radical (unpaired) electrons. The summed E-state index contributed by atoms with van der Waals surface area (Å²) in [7, 11) is 0. The fourth-order valence-corrected chi connectivity index (χ4v) is 2.61. The van der Waals surface area contributed by atoms with Crippen molar-refractivity contribution in [3.63, 3.8) is 0 Å². The van der Waals surface area contributed by atoms with E-state index in [-0.39, 0.29) is 0 Å². The zero-order valence-electron chi connectivity index (χ0n) is 8.23. The minimum atomic E-state index is -1.88. The number of aliphatic carboxylic acids is 2. The summed E-state index contributed by atoms with van der Waals surface area (Å²) in [4.78, 5) is 22.5. The first kappa shape index (κ1) is 9.15. The van der Waals surface area contributed by atoms with E-state index < -0.39 is 17.4 Å². The predicted molar refractivity (Wildman–Crippen MR) is 54.7 cm³/mol. The molecule has 0 spiro atoms. The maximum absolute atomic E-state index is 11.3. The van der Waals surface area contributed by atoms with Gasteiger partial charge in [0.05, 0.1) is 0 Å². The van der Waals surface area contributed by atoms with E-state index in [1.807, 2.05) is 12.2 Å². The molecule has 4 nitrogen and oxygen atoms in total. The Morgan fingerprint density at radius 2 is 1.69 bits per heavy atom. The van der Waals surface area contributed by atoms with Crippen LogP contribution in [0, 0.1) is 5.41 Å². The molecule has 0 saturated heterocycles. The first-order valence-corrected chi connectivity index (χ1v) is 4.88. The highest BCUT2D eigenvalue weighted by molar-refractivity contribution is 6.08. The molecule has 0 unspecified atom stereocenters. The molecule has 3 aliphatic carbocycles. The molecular weight excluding hydrogens is 208 g/mol. The lowest BCUT2D eigenvalue weighted by Gasteiger charge is -2.20. The maximum Gasteiger partial charge on any atom is 0.329 e. The van der Waals surface area contributed by atoms with Crippen molar-refractivity contribution in [1.29, 1.82) is 0 Å². The van der Waals surface area contributed by atoms with E-state index in [1.54, 1.807) is 6.08 Å². The number of allylic oxidation sites excluding steroid dienone is 6. The summed E-state index contributed by atoms with van der Waals surface area (Å²) in [5.74, 6) is -2.65. The Kier molecular flexibility index (Phi) is 1.44. The molecule has 2 bridgehead atoms. The highest BCUT2D eigenvalue weighted by atomic mass is 16.4. The minimum absolute atomic E-state index is 0.449. The molecule has 0 aromatic rings. The van der Waals surface area contributed by atoms with Crippen LogP contribution in [0.3, 0.4) is 0 Å². The van der Waals surface area contributed by atoms with Crippen LogP contribution >= 0.6 is 0 Å². The molecule has 0 atom stereocenters. The number of hydrogen-bond acceptors (Lipinski definition) is 2. The van der Waals surface area contributed by atoms with Gasteiger partial charge in [0.1, 0.15) is 0 Å². The van der Waals surface area contributed by atoms with Gasteiger partial charge in [-0.05, 0) is 28.7 Å². The lowest BCUT2D eigenvalue weighted by Crippen LogP contribution is -2.38. The number of carboxylic acid groups (broad SMARTS) is 2. The number of rotatable bonds is 2. The first-order chi connectivity index (χ1) is 7.57. The van der Waals surface area contributed by atoms with Crippen LogP contribution in [0.25, 0.3) is 0 Å². The van der Waals surface area contributed by atoms with E-state index in [9.17, 15) is 19.8 Å². The molecule has 0 aliphatic heterocycles. The smallest absolute Gasteiger partial charge is 0.329 e. The fourth-order valence-electron chi connectivity index (χ4n) is 2.61. The van der Waals surface area contributed by atoms with E-state index in [0.29, 0.717) is 12.0 Å². The summed E-state index contributed by atoms with van der Waals surface area (Å²) in [5.41, 5.74) is 1.19. The van der Waals surface area contributed by atoms with Crippen LogP contribution in [0.1, 0.15) is 6.42 Å². The number of hydrogen-bond donors (Lipinski definition) is 2. The quantitative estimate of drug-likeness (QED) is 0.682. The Bertz CT molecular complexity index is 544. The number of carboxylic acids is 2. The molecule has 16 heavy (non-hydrogen) atoms. The molecule has 0 fully saturated rings. The zero-order valence-corrected chi connectivity index (χ0v) is 8.23. The number of carbonyl (C=O) groups is 2. The standard InChI is InChI=1S/C12H8O4/c13-10(14)12(11(15)16)4-3-8-6-1-2-7(5-6)9(8)12/h1-4H,5H2,(H,13,14)(H,15,16). The van der Waals surface area contributed by atoms with Crippen LogP contribution in [-0.2, 0) is 9.59 Å². The van der Waals surface area contributed by atoms with Gasteiger partial charge in [-0.2, -0.15) is 0 Å². The van der Waals surface area contributed by atoms with Gasteiger partial charge in [-0.1, -0.05) is 24.3 Å². The second-order valence-corrected chi connectivity index (χ2v) is 4.10. The van der Waals surface area contributed by atoms with Crippen molar-refractivity contribution >= 4 is 11.9 Å². The minimum Gasteiger partial charge on any atom is -0.480 e. The predicted octanol–water partition coefficient (Wildman–Crippen LogP) is 1.28. The third-order valence-electron chi connectivity index (χ3n) is 3.37. The molecule has 2 N–H and O–H groups in total. The lowest BCUT2D eigenvalue weighted by atomic mass is 9.80. The van der Waals surface area contributed by atoms with Crippen LogP contribution in [0.2, 0.25) is 0 Å². The van der Waals surface area contributed by atoms with E-state index >= 15 is 0 Å². The van der Waals surface area contributed by atoms with Gasteiger partial charge in [-0.3, -0.25) is 9.59 Å². The third kappa shape index (κ3) is 0.768. The van der Waals surface area contributed by atoms with Gasteiger partial charge in [0, 0.05) is 0 Å². The zero-order chi connectivity index (χ0) is 11.5. The van der Waals surface area contributed by atoms with Crippen molar-refractivity contribution in [2.75, 3.05) is 0 Å². The molecule has 3 aliphatic rings. The van der Waals surface area contributed by atoms with Gasteiger partial charge >= 0.3 is 11.9 Å². The van der Waals surface area contributed by atoms with Crippen molar-refractivity contribution < 1.29 is 19.8 Å². The topological polar surface area (TPSA) is 74.6 Å². The van der Waals surface area contributed by atoms with Crippen molar-refractivity contribution in [2.24, 2.45) is 5.41 Å². The van der Waals surface area contributed by atoms with Gasteiger partial charge < -0.3 is 10.2 Å². The SMILES string of the molecule is O=C(O)C1(C(=O)O)C=CC2=C3C=CC(=C21)C3. The average molecular weight is 216 g/mol. The fraction of sp³-hybridized carbons (Fsp3) is 0.167. The second-order valence-electron chi connectivity index (χ2n) is 4.10. The van der Waals surface area contributed by atoms with Crippen molar-refractivity contribution in [1.82, 2.24) is 0 Å². The highest BCUT2D eigenvalue weighted by Crippen LogP contribution is 2.52. The van der Waals surface area contributed by atoms with Crippen LogP contribution in [0.5, 0.6) is 0 Å². The summed E-state index contributed by atoms with van der Waals surface area (Å²) in [6, 6.07) is 0. The lowest BCUT2D eigenvalue weighted by molar-refractivity contribution is -0.157. The molecule has 0 aromatic heterocycles. The molecule has 0 amide bonds. The highest BCUT2D eigenvalue weighted by Gasteiger charge is 2.54. The molecular formula is C12H8O4. The van der Waals surface area contributed by atoms with Gasteiger partial charge in [0.15, 0.2) is 0 Å². The summed E-state index contributed by atoms with van der Waals surface area (Å²) in [6.45, 7) is 0. The van der Waals surface area contributed by atoms with Gasteiger partial charge in [-0.15, -0.1) is 0 Å². The van der Waals surface area contributed by atoms with E-state index in [1.165, 1.54) is 6.08 Å². The van der Waals surface area contributed by atoms with E-state index in [2.05, 4.69) is 0 Å². The van der Waals surface area contributed by atoms with Crippen molar-refractivity contribution in [2.45, 2.75) is 6.42 Å². The first-order valence-electron chi connectivity index (χ1n) is 4.88. The Morgan fingerprint density at radius 1 is 1.06 bits per heavy atom. The summed E-state index contributed by atoms with van der Waals surface area (Å²) >= 11 is 0. The molecule has 4 heteroatoms. The molecule has 0 heterocycles. The third-order valence-corrected chi connectivity index (χ3v) is 3.37. The van der Waals surface area contributed by atoms with Crippen LogP contribution < -0.4 is 0 Å². The average Bonchev–Trinajstić information content (AvgIpc) is 2.89. The van der Waals surface area contributed by atoms with Crippen LogP contribution in [0.15, 0.2) is 46.6 Å². The van der Waals surface area contributed by atoms with Gasteiger partial charge in [0.2, 0.25) is 5.41 Å². The van der Waals surface area contributed by atoms with Gasteiger partial charge in [-0.25, -0.2) is 0 Å². The van der Waals surface area contributed by atoms with Gasteiger partial charge in [0.25, 0.3) is 0 Å². The Hall–Kier alpha value is -2.10. The van der Waals surface area contributed by atoms with E-state index in [0.717, 1.165) is 16.7 Å². The molecule has 0 saturated carbocycles. The Morgan fingerprint density at radius 3 is 2.31 bits per heavy atom. The largest absolute Gasteiger partial charge is 0.480 e. The van der Waals surface area contributed by atoms with Crippen LogP contribution in [0.4, 0.5) is 0 Å². The summed E-state index contributed by atoms with van der Waals surface area (Å²) in [6.07, 6.45) is 7.27. The number of fused-ring (bicyclic) bond motifs is 3. The summed E-state index contributed by atoms with van der Waals surface area (Å²) < 4.78 is 0. The molecule has 80 valence electrons. The van der Waals surface area contributed by atoms with Crippen LogP contribution in [-0.4, -0.2) is 22.2 Å².